The Hall–Kier alpha value is -2.71. The average molecular weight is 415 g/mol. The Morgan fingerprint density at radius 3 is 2.48 bits per heavy atom. The highest BCUT2D eigenvalue weighted by atomic mass is 32.2. The lowest BCUT2D eigenvalue weighted by Gasteiger charge is -2.08. The molecule has 3 aromatic rings. The quantitative estimate of drug-likeness (QED) is 0.592. The van der Waals surface area contributed by atoms with Gasteiger partial charge in [0.1, 0.15) is 4.90 Å². The van der Waals surface area contributed by atoms with Crippen LogP contribution in [-0.4, -0.2) is 29.7 Å². The largest absolute Gasteiger partial charge is 0.294 e. The van der Waals surface area contributed by atoms with Gasteiger partial charge in [0, 0.05) is 30.4 Å². The normalized spacial score (nSPS) is 11.9. The van der Waals surface area contributed by atoms with Crippen molar-refractivity contribution < 1.29 is 8.42 Å². The van der Waals surface area contributed by atoms with Crippen LogP contribution < -0.4 is 10.3 Å². The number of aromatic nitrogens is 3. The van der Waals surface area contributed by atoms with Gasteiger partial charge >= 0.3 is 0 Å². The lowest BCUT2D eigenvalue weighted by Crippen LogP contribution is -2.26. The molecular formula is C21H26N4O3S. The SMILES string of the molecule is Cc1[nH]n(-c2ccc(S(=O)(=O)NCCC(C)C)cn2)c(=O)c1Cc1ccccc1. The molecule has 2 aromatic heterocycles. The number of benzene rings is 1. The Kier molecular flexibility index (Phi) is 6.34. The first kappa shape index (κ1) is 21.0. The zero-order chi connectivity index (χ0) is 21.0. The van der Waals surface area contributed by atoms with Crippen LogP contribution in [0, 0.1) is 12.8 Å². The van der Waals surface area contributed by atoms with Gasteiger partial charge in [0.15, 0.2) is 5.82 Å². The van der Waals surface area contributed by atoms with Crippen LogP contribution >= 0.6 is 0 Å². The van der Waals surface area contributed by atoms with Crippen LogP contribution in [0.5, 0.6) is 0 Å². The molecule has 0 aliphatic rings. The third-order valence-electron chi connectivity index (χ3n) is 4.69. The summed E-state index contributed by atoms with van der Waals surface area (Å²) < 4.78 is 28.6. The van der Waals surface area contributed by atoms with Crippen LogP contribution in [0.1, 0.15) is 37.1 Å². The van der Waals surface area contributed by atoms with Crippen molar-refractivity contribution in [1.29, 1.82) is 0 Å². The Bertz CT molecular complexity index is 1110. The molecule has 3 rings (SSSR count). The standard InChI is InChI=1S/C21H26N4O3S/c1-15(2)11-12-23-29(27,28)18-9-10-20(22-14-18)25-21(26)19(16(3)24-25)13-17-7-5-4-6-8-17/h4-10,14-15,23-24H,11-13H2,1-3H3. The summed E-state index contributed by atoms with van der Waals surface area (Å²) in [5, 5.41) is 3.03. The highest BCUT2D eigenvalue weighted by Crippen LogP contribution is 2.13. The predicted octanol–water partition coefficient (Wildman–Crippen LogP) is 2.78. The van der Waals surface area contributed by atoms with Gasteiger partial charge in [0.2, 0.25) is 10.0 Å². The smallest absolute Gasteiger partial charge is 0.276 e. The zero-order valence-corrected chi connectivity index (χ0v) is 17.7. The van der Waals surface area contributed by atoms with Gasteiger partial charge in [-0.1, -0.05) is 44.2 Å². The van der Waals surface area contributed by atoms with Crippen molar-refractivity contribution in [2.24, 2.45) is 5.92 Å². The van der Waals surface area contributed by atoms with E-state index in [1.54, 1.807) is 0 Å². The van der Waals surface area contributed by atoms with Gasteiger partial charge in [-0.25, -0.2) is 22.8 Å². The van der Waals surface area contributed by atoms with E-state index in [4.69, 9.17) is 0 Å². The third kappa shape index (κ3) is 5.02. The molecule has 2 N–H and O–H groups in total. The van der Waals surface area contributed by atoms with Crippen molar-refractivity contribution in [3.8, 4) is 5.82 Å². The Labute approximate surface area is 170 Å². The molecule has 0 aliphatic carbocycles. The maximum absolute atomic E-state index is 12.8. The maximum atomic E-state index is 12.8. The van der Waals surface area contributed by atoms with E-state index in [2.05, 4.69) is 14.8 Å². The van der Waals surface area contributed by atoms with Crippen molar-refractivity contribution in [1.82, 2.24) is 19.5 Å². The summed E-state index contributed by atoms with van der Waals surface area (Å²) in [5.41, 5.74) is 2.27. The van der Waals surface area contributed by atoms with Gasteiger partial charge < -0.3 is 0 Å². The first-order valence-corrected chi connectivity index (χ1v) is 11.1. The van der Waals surface area contributed by atoms with E-state index >= 15 is 0 Å². The van der Waals surface area contributed by atoms with E-state index in [0.29, 0.717) is 30.3 Å². The molecular weight excluding hydrogens is 388 g/mol. The van der Waals surface area contributed by atoms with Crippen molar-refractivity contribution in [3.63, 3.8) is 0 Å². The van der Waals surface area contributed by atoms with Crippen LogP contribution in [0.25, 0.3) is 5.82 Å². The molecule has 0 saturated carbocycles. The molecule has 0 aliphatic heterocycles. The molecule has 154 valence electrons. The molecule has 0 saturated heterocycles. The number of sulfonamides is 1. The second-order valence-electron chi connectivity index (χ2n) is 7.45. The highest BCUT2D eigenvalue weighted by molar-refractivity contribution is 7.89. The number of aryl methyl sites for hydroxylation is 1. The van der Waals surface area contributed by atoms with E-state index in [1.165, 1.54) is 23.0 Å². The summed E-state index contributed by atoms with van der Waals surface area (Å²) in [6.07, 6.45) is 2.54. The molecule has 29 heavy (non-hydrogen) atoms. The summed E-state index contributed by atoms with van der Waals surface area (Å²) in [6, 6.07) is 12.7. The van der Waals surface area contributed by atoms with Crippen molar-refractivity contribution in [3.05, 3.63) is 75.8 Å². The van der Waals surface area contributed by atoms with Gasteiger partial charge in [-0.05, 0) is 37.0 Å². The Balaban J connectivity index is 1.82. The zero-order valence-electron chi connectivity index (χ0n) is 16.8. The molecule has 2 heterocycles. The lowest BCUT2D eigenvalue weighted by molar-refractivity contribution is 0.551. The average Bonchev–Trinajstić information content (AvgIpc) is 2.97. The molecule has 1 aromatic carbocycles. The third-order valence-corrected chi connectivity index (χ3v) is 6.14. The molecule has 0 bridgehead atoms. The molecule has 8 heteroatoms. The van der Waals surface area contributed by atoms with Gasteiger partial charge in [-0.15, -0.1) is 0 Å². The molecule has 7 nitrogen and oxygen atoms in total. The molecule has 0 spiro atoms. The summed E-state index contributed by atoms with van der Waals surface area (Å²) in [5.74, 6) is 0.754. The van der Waals surface area contributed by atoms with Gasteiger partial charge in [0.25, 0.3) is 5.56 Å². The molecule has 0 atom stereocenters. The van der Waals surface area contributed by atoms with E-state index in [1.807, 2.05) is 51.1 Å². The second-order valence-corrected chi connectivity index (χ2v) is 9.22. The first-order chi connectivity index (χ1) is 13.8. The summed E-state index contributed by atoms with van der Waals surface area (Å²) in [4.78, 5) is 17.1. The number of hydrogen-bond donors (Lipinski definition) is 2. The van der Waals surface area contributed by atoms with Gasteiger partial charge in [0.05, 0.1) is 0 Å². The topological polar surface area (TPSA) is 96.8 Å². The van der Waals surface area contributed by atoms with Crippen LogP contribution in [0.15, 0.2) is 58.4 Å². The minimum atomic E-state index is -3.62. The molecule has 0 fully saturated rings. The summed E-state index contributed by atoms with van der Waals surface area (Å²) >= 11 is 0. The number of H-pyrrole nitrogens is 1. The summed E-state index contributed by atoms with van der Waals surface area (Å²) in [7, 11) is -3.62. The highest BCUT2D eigenvalue weighted by Gasteiger charge is 2.17. The number of hydrogen-bond acceptors (Lipinski definition) is 4. The second kappa shape index (κ2) is 8.75. The number of nitrogens with zero attached hydrogens (tertiary/aromatic N) is 2. The van der Waals surface area contributed by atoms with Crippen LogP contribution in [0.3, 0.4) is 0 Å². The summed E-state index contributed by atoms with van der Waals surface area (Å²) in [6.45, 7) is 6.28. The van der Waals surface area contributed by atoms with E-state index in [-0.39, 0.29) is 10.5 Å². The minimum absolute atomic E-state index is 0.0749. The fraction of sp³-hybridized carbons (Fsp3) is 0.333. The van der Waals surface area contributed by atoms with E-state index in [0.717, 1.165) is 17.7 Å². The van der Waals surface area contributed by atoms with E-state index < -0.39 is 10.0 Å². The predicted molar refractivity (Wildman–Crippen MR) is 113 cm³/mol. The van der Waals surface area contributed by atoms with Crippen LogP contribution in [0.2, 0.25) is 0 Å². The van der Waals surface area contributed by atoms with Crippen molar-refractivity contribution >= 4 is 10.0 Å². The maximum Gasteiger partial charge on any atom is 0.276 e. The fourth-order valence-electron chi connectivity index (χ4n) is 2.98. The number of rotatable bonds is 8. The number of nitrogens with one attached hydrogen (secondary N) is 2. The molecule has 0 amide bonds. The van der Waals surface area contributed by atoms with Crippen LogP contribution in [-0.2, 0) is 16.4 Å². The Morgan fingerprint density at radius 2 is 1.86 bits per heavy atom. The minimum Gasteiger partial charge on any atom is -0.294 e. The Morgan fingerprint density at radius 1 is 1.14 bits per heavy atom. The molecule has 0 radical (unpaired) electrons. The number of pyridine rings is 1. The van der Waals surface area contributed by atoms with Gasteiger partial charge in [-0.3, -0.25) is 9.89 Å². The number of aromatic amines is 1. The van der Waals surface area contributed by atoms with Crippen LogP contribution in [0.4, 0.5) is 0 Å². The monoisotopic (exact) mass is 414 g/mol. The molecule has 0 unspecified atom stereocenters. The van der Waals surface area contributed by atoms with Gasteiger partial charge in [-0.2, -0.15) is 0 Å². The fourth-order valence-corrected chi connectivity index (χ4v) is 3.97. The van der Waals surface area contributed by atoms with Crippen molar-refractivity contribution in [2.45, 2.75) is 38.5 Å². The van der Waals surface area contributed by atoms with Crippen molar-refractivity contribution in [2.75, 3.05) is 6.54 Å². The lowest BCUT2D eigenvalue weighted by atomic mass is 10.1. The van der Waals surface area contributed by atoms with E-state index in [9.17, 15) is 13.2 Å². The first-order valence-electron chi connectivity index (χ1n) is 9.58.